The van der Waals surface area contributed by atoms with Gasteiger partial charge in [-0.1, -0.05) is 38.3 Å². The molecular formula is C15H22ClNO2. The first kappa shape index (κ1) is 15.8. The van der Waals surface area contributed by atoms with Crippen LogP contribution < -0.4 is 0 Å². The summed E-state index contributed by atoms with van der Waals surface area (Å²) in [5.41, 5.74) is 0.537. The number of unbranched alkanes of at least 4 members (excludes halogenated alkanes) is 2. The van der Waals surface area contributed by atoms with Crippen LogP contribution in [0.5, 0.6) is 5.75 Å². The van der Waals surface area contributed by atoms with Gasteiger partial charge in [0.15, 0.2) is 0 Å². The van der Waals surface area contributed by atoms with Crippen LogP contribution in [0.4, 0.5) is 0 Å². The summed E-state index contributed by atoms with van der Waals surface area (Å²) in [6.07, 6.45) is 4.13. The maximum absolute atomic E-state index is 12.4. The van der Waals surface area contributed by atoms with Crippen LogP contribution in [0, 0.1) is 0 Å². The van der Waals surface area contributed by atoms with Crippen molar-refractivity contribution in [1.82, 2.24) is 4.90 Å². The molecule has 4 heteroatoms. The van der Waals surface area contributed by atoms with E-state index in [1.54, 1.807) is 6.07 Å². The van der Waals surface area contributed by atoms with Crippen LogP contribution in [0.25, 0.3) is 0 Å². The third-order valence-corrected chi connectivity index (χ3v) is 3.35. The van der Waals surface area contributed by atoms with Gasteiger partial charge in [-0.3, -0.25) is 4.79 Å². The lowest BCUT2D eigenvalue weighted by Gasteiger charge is -2.22. The first-order valence-electron chi connectivity index (χ1n) is 6.88. The van der Waals surface area contributed by atoms with Crippen molar-refractivity contribution in [3.63, 3.8) is 0 Å². The number of hydrogen-bond donors (Lipinski definition) is 1. The van der Waals surface area contributed by atoms with E-state index in [0.29, 0.717) is 5.56 Å². The zero-order valence-electron chi connectivity index (χ0n) is 11.7. The second-order valence-electron chi connectivity index (χ2n) is 4.67. The fourth-order valence-corrected chi connectivity index (χ4v) is 2.02. The lowest BCUT2D eigenvalue weighted by atomic mass is 10.1. The van der Waals surface area contributed by atoms with Crippen LogP contribution in [-0.4, -0.2) is 29.0 Å². The Morgan fingerprint density at radius 1 is 1.21 bits per heavy atom. The smallest absolute Gasteiger partial charge is 0.253 e. The first-order chi connectivity index (χ1) is 9.10. The van der Waals surface area contributed by atoms with Crippen molar-refractivity contribution >= 4 is 17.5 Å². The second kappa shape index (κ2) is 8.05. The maximum Gasteiger partial charge on any atom is 0.253 e. The number of amides is 1. The average molecular weight is 284 g/mol. The van der Waals surface area contributed by atoms with Gasteiger partial charge in [-0.2, -0.15) is 0 Å². The number of carbonyl (C=O) groups excluding carboxylic acids is 1. The minimum Gasteiger partial charge on any atom is -0.506 e. The van der Waals surface area contributed by atoms with Crippen molar-refractivity contribution in [3.05, 3.63) is 28.8 Å². The quantitative estimate of drug-likeness (QED) is 0.819. The van der Waals surface area contributed by atoms with E-state index in [1.807, 2.05) is 4.90 Å². The summed E-state index contributed by atoms with van der Waals surface area (Å²) in [4.78, 5) is 14.3. The van der Waals surface area contributed by atoms with Gasteiger partial charge >= 0.3 is 0 Å². The molecule has 0 aliphatic heterocycles. The van der Waals surface area contributed by atoms with Gasteiger partial charge in [-0.05, 0) is 31.0 Å². The van der Waals surface area contributed by atoms with Crippen LogP contribution in [0.3, 0.4) is 0 Å². The zero-order chi connectivity index (χ0) is 14.3. The van der Waals surface area contributed by atoms with Crippen LogP contribution in [0.1, 0.15) is 49.9 Å². The molecule has 0 bridgehead atoms. The van der Waals surface area contributed by atoms with Gasteiger partial charge in [0.05, 0.1) is 5.02 Å². The molecule has 106 valence electrons. The summed E-state index contributed by atoms with van der Waals surface area (Å²) >= 11 is 5.85. The Bertz CT molecular complexity index is 413. The van der Waals surface area contributed by atoms with Crippen LogP contribution in [0.15, 0.2) is 18.2 Å². The molecule has 0 aliphatic carbocycles. The van der Waals surface area contributed by atoms with E-state index in [1.165, 1.54) is 12.1 Å². The number of phenols is 1. The summed E-state index contributed by atoms with van der Waals surface area (Å²) in [6, 6.07) is 4.62. The Balaban J connectivity index is 2.81. The minimum atomic E-state index is -0.0104. The van der Waals surface area contributed by atoms with Crippen LogP contribution in [-0.2, 0) is 0 Å². The summed E-state index contributed by atoms with van der Waals surface area (Å²) in [7, 11) is 0. The Hall–Kier alpha value is -1.22. The monoisotopic (exact) mass is 283 g/mol. The molecule has 0 saturated carbocycles. The Morgan fingerprint density at radius 2 is 1.79 bits per heavy atom. The highest BCUT2D eigenvalue weighted by Crippen LogP contribution is 2.24. The van der Waals surface area contributed by atoms with E-state index in [0.717, 1.165) is 38.8 Å². The summed E-state index contributed by atoms with van der Waals surface area (Å²) in [5, 5.41) is 9.61. The lowest BCUT2D eigenvalue weighted by molar-refractivity contribution is 0.0751. The van der Waals surface area contributed by atoms with E-state index in [9.17, 15) is 9.90 Å². The highest BCUT2D eigenvalue weighted by molar-refractivity contribution is 6.32. The normalized spacial score (nSPS) is 10.5. The Kier molecular flexibility index (Phi) is 6.71. The van der Waals surface area contributed by atoms with Crippen LogP contribution >= 0.6 is 11.6 Å². The molecule has 0 aromatic heterocycles. The number of carbonyl (C=O) groups is 1. The Labute approximate surface area is 120 Å². The van der Waals surface area contributed by atoms with Gasteiger partial charge in [-0.25, -0.2) is 0 Å². The van der Waals surface area contributed by atoms with Crippen molar-refractivity contribution in [1.29, 1.82) is 0 Å². The molecule has 0 radical (unpaired) electrons. The van der Waals surface area contributed by atoms with Crippen molar-refractivity contribution in [3.8, 4) is 5.75 Å². The molecule has 0 saturated heterocycles. The largest absolute Gasteiger partial charge is 0.506 e. The summed E-state index contributed by atoms with van der Waals surface area (Å²) in [6.45, 7) is 5.77. The third-order valence-electron chi connectivity index (χ3n) is 3.05. The highest BCUT2D eigenvalue weighted by atomic mass is 35.5. The van der Waals surface area contributed by atoms with Gasteiger partial charge < -0.3 is 10.0 Å². The fourth-order valence-electron chi connectivity index (χ4n) is 1.84. The van der Waals surface area contributed by atoms with E-state index in [-0.39, 0.29) is 16.7 Å². The molecule has 3 nitrogen and oxygen atoms in total. The molecule has 0 fully saturated rings. The SMILES string of the molecule is CCCCN(CCCC)C(=O)c1ccc(O)c(Cl)c1. The fraction of sp³-hybridized carbons (Fsp3) is 0.533. The van der Waals surface area contributed by atoms with Gasteiger partial charge in [0, 0.05) is 18.7 Å². The number of phenolic OH excluding ortho intramolecular Hbond substituents is 1. The lowest BCUT2D eigenvalue weighted by Crippen LogP contribution is -2.32. The molecule has 0 aliphatic rings. The number of halogens is 1. The van der Waals surface area contributed by atoms with E-state index in [4.69, 9.17) is 11.6 Å². The van der Waals surface area contributed by atoms with Crippen molar-refractivity contribution in [2.24, 2.45) is 0 Å². The van der Waals surface area contributed by atoms with Crippen molar-refractivity contribution in [2.45, 2.75) is 39.5 Å². The molecule has 0 spiro atoms. The average Bonchev–Trinajstić information content (AvgIpc) is 2.41. The standard InChI is InChI=1S/C15H22ClNO2/c1-3-5-9-17(10-6-4-2)15(19)12-7-8-14(18)13(16)11-12/h7-8,11,18H,3-6,9-10H2,1-2H3. The topological polar surface area (TPSA) is 40.5 Å². The van der Waals surface area contributed by atoms with Gasteiger partial charge in [0.1, 0.15) is 5.75 Å². The number of benzene rings is 1. The molecule has 1 N–H and O–H groups in total. The number of hydrogen-bond acceptors (Lipinski definition) is 2. The molecule has 0 heterocycles. The van der Waals surface area contributed by atoms with E-state index in [2.05, 4.69) is 13.8 Å². The van der Waals surface area contributed by atoms with Crippen molar-refractivity contribution < 1.29 is 9.90 Å². The summed E-state index contributed by atoms with van der Waals surface area (Å²) in [5.74, 6) is -0.00400. The van der Waals surface area contributed by atoms with E-state index < -0.39 is 0 Å². The summed E-state index contributed by atoms with van der Waals surface area (Å²) < 4.78 is 0. The van der Waals surface area contributed by atoms with Crippen LogP contribution in [0.2, 0.25) is 5.02 Å². The van der Waals surface area contributed by atoms with Gasteiger partial charge in [-0.15, -0.1) is 0 Å². The first-order valence-corrected chi connectivity index (χ1v) is 7.25. The van der Waals surface area contributed by atoms with E-state index >= 15 is 0 Å². The molecule has 1 aromatic carbocycles. The third kappa shape index (κ3) is 4.75. The minimum absolute atomic E-state index is 0.00637. The Morgan fingerprint density at radius 3 is 2.26 bits per heavy atom. The molecule has 1 aromatic rings. The molecule has 1 rings (SSSR count). The molecular weight excluding hydrogens is 262 g/mol. The number of rotatable bonds is 7. The zero-order valence-corrected chi connectivity index (χ0v) is 12.4. The second-order valence-corrected chi connectivity index (χ2v) is 5.07. The maximum atomic E-state index is 12.4. The van der Waals surface area contributed by atoms with Crippen molar-refractivity contribution in [2.75, 3.05) is 13.1 Å². The highest BCUT2D eigenvalue weighted by Gasteiger charge is 2.15. The predicted octanol–water partition coefficient (Wildman–Crippen LogP) is 4.09. The van der Waals surface area contributed by atoms with Gasteiger partial charge in [0.2, 0.25) is 0 Å². The van der Waals surface area contributed by atoms with Gasteiger partial charge in [0.25, 0.3) is 5.91 Å². The molecule has 1 amide bonds. The predicted molar refractivity (Wildman–Crippen MR) is 78.8 cm³/mol. The molecule has 0 atom stereocenters. The molecule has 0 unspecified atom stereocenters. The number of aromatic hydroxyl groups is 1. The number of nitrogens with zero attached hydrogens (tertiary/aromatic N) is 1. The molecule has 19 heavy (non-hydrogen) atoms.